The van der Waals surface area contributed by atoms with E-state index in [2.05, 4.69) is 10.4 Å². The highest BCUT2D eigenvalue weighted by molar-refractivity contribution is 6.06. The van der Waals surface area contributed by atoms with Gasteiger partial charge in [-0.3, -0.25) is 9.48 Å². The van der Waals surface area contributed by atoms with Gasteiger partial charge in [0.15, 0.2) is 17.5 Å². The van der Waals surface area contributed by atoms with E-state index in [4.69, 9.17) is 0 Å². The lowest BCUT2D eigenvalue weighted by atomic mass is 10.1. The third kappa shape index (κ3) is 2.76. The molecular formula is C17H12F3N3O. The highest BCUT2D eigenvalue weighted by Crippen LogP contribution is 2.27. The second-order valence-corrected chi connectivity index (χ2v) is 5.07. The SMILES string of the molecule is Cn1ncc(NC(=O)c2ccc(F)c(F)c2F)c1-c1ccccc1. The Morgan fingerprint density at radius 2 is 1.75 bits per heavy atom. The molecule has 2 aromatic carbocycles. The predicted molar refractivity (Wildman–Crippen MR) is 82.9 cm³/mol. The van der Waals surface area contributed by atoms with Crippen LogP contribution in [0.15, 0.2) is 48.7 Å². The number of halogens is 3. The highest BCUT2D eigenvalue weighted by atomic mass is 19.2. The van der Waals surface area contributed by atoms with Gasteiger partial charge in [-0.05, 0) is 12.1 Å². The van der Waals surface area contributed by atoms with Crippen LogP contribution < -0.4 is 5.32 Å². The van der Waals surface area contributed by atoms with Gasteiger partial charge in [0.25, 0.3) is 5.91 Å². The van der Waals surface area contributed by atoms with Crippen molar-refractivity contribution in [1.82, 2.24) is 9.78 Å². The normalized spacial score (nSPS) is 10.7. The minimum absolute atomic E-state index is 0.331. The summed E-state index contributed by atoms with van der Waals surface area (Å²) in [5, 5.41) is 6.55. The maximum Gasteiger partial charge on any atom is 0.258 e. The van der Waals surface area contributed by atoms with E-state index in [0.29, 0.717) is 17.4 Å². The van der Waals surface area contributed by atoms with Crippen molar-refractivity contribution in [2.24, 2.45) is 7.05 Å². The first-order valence-electron chi connectivity index (χ1n) is 7.01. The average molecular weight is 331 g/mol. The summed E-state index contributed by atoms with van der Waals surface area (Å²) in [4.78, 5) is 12.2. The van der Waals surface area contributed by atoms with Crippen molar-refractivity contribution in [2.45, 2.75) is 0 Å². The molecule has 0 bridgehead atoms. The number of nitrogens with zero attached hydrogens (tertiary/aromatic N) is 2. The van der Waals surface area contributed by atoms with Crippen LogP contribution >= 0.6 is 0 Å². The fourth-order valence-corrected chi connectivity index (χ4v) is 2.36. The van der Waals surface area contributed by atoms with Gasteiger partial charge in [0.1, 0.15) is 0 Å². The molecule has 0 spiro atoms. The molecule has 0 aliphatic carbocycles. The zero-order chi connectivity index (χ0) is 17.3. The van der Waals surface area contributed by atoms with Crippen LogP contribution in [0.2, 0.25) is 0 Å². The molecule has 0 aliphatic rings. The van der Waals surface area contributed by atoms with E-state index in [1.54, 1.807) is 11.7 Å². The van der Waals surface area contributed by atoms with Crippen molar-refractivity contribution in [1.29, 1.82) is 0 Å². The molecule has 0 aliphatic heterocycles. The molecule has 4 nitrogen and oxygen atoms in total. The van der Waals surface area contributed by atoms with Crippen molar-refractivity contribution < 1.29 is 18.0 Å². The first-order valence-corrected chi connectivity index (χ1v) is 7.01. The molecular weight excluding hydrogens is 319 g/mol. The summed E-state index contributed by atoms with van der Waals surface area (Å²) in [5.74, 6) is -5.46. The van der Waals surface area contributed by atoms with Crippen LogP contribution in [-0.4, -0.2) is 15.7 Å². The van der Waals surface area contributed by atoms with Crippen molar-refractivity contribution in [3.05, 3.63) is 71.7 Å². The van der Waals surface area contributed by atoms with Gasteiger partial charge in [-0.15, -0.1) is 0 Å². The molecule has 0 saturated carbocycles. The van der Waals surface area contributed by atoms with Crippen LogP contribution in [0.5, 0.6) is 0 Å². The molecule has 0 radical (unpaired) electrons. The summed E-state index contributed by atoms with van der Waals surface area (Å²) < 4.78 is 41.6. The molecule has 3 aromatic rings. The summed E-state index contributed by atoms with van der Waals surface area (Å²) in [6.07, 6.45) is 1.40. The Morgan fingerprint density at radius 1 is 1.04 bits per heavy atom. The molecule has 1 aromatic heterocycles. The molecule has 1 N–H and O–H groups in total. The van der Waals surface area contributed by atoms with Gasteiger partial charge in [0, 0.05) is 12.6 Å². The molecule has 3 rings (SSSR count). The van der Waals surface area contributed by atoms with E-state index in [0.717, 1.165) is 11.6 Å². The summed E-state index contributed by atoms with van der Waals surface area (Å²) >= 11 is 0. The smallest absolute Gasteiger partial charge is 0.258 e. The van der Waals surface area contributed by atoms with Gasteiger partial charge in [-0.1, -0.05) is 30.3 Å². The third-order valence-corrected chi connectivity index (χ3v) is 3.51. The number of hydrogen-bond acceptors (Lipinski definition) is 2. The number of benzene rings is 2. The van der Waals surface area contributed by atoms with Gasteiger partial charge in [-0.25, -0.2) is 13.2 Å². The fourth-order valence-electron chi connectivity index (χ4n) is 2.36. The van der Waals surface area contributed by atoms with Gasteiger partial charge in [0.2, 0.25) is 0 Å². The Kier molecular flexibility index (Phi) is 4.07. The van der Waals surface area contributed by atoms with Crippen LogP contribution in [0, 0.1) is 17.5 Å². The largest absolute Gasteiger partial charge is 0.319 e. The van der Waals surface area contributed by atoms with E-state index in [9.17, 15) is 18.0 Å². The maximum atomic E-state index is 13.7. The molecule has 1 heterocycles. The van der Waals surface area contributed by atoms with E-state index in [-0.39, 0.29) is 0 Å². The van der Waals surface area contributed by atoms with Gasteiger partial charge in [-0.2, -0.15) is 5.10 Å². The molecule has 1 amide bonds. The Bertz CT molecular complexity index is 907. The van der Waals surface area contributed by atoms with Crippen LogP contribution in [0.4, 0.5) is 18.9 Å². The number of anilines is 1. The minimum Gasteiger partial charge on any atom is -0.319 e. The van der Waals surface area contributed by atoms with Crippen LogP contribution in [-0.2, 0) is 7.05 Å². The summed E-state index contributed by atoms with van der Waals surface area (Å²) in [6.45, 7) is 0. The zero-order valence-corrected chi connectivity index (χ0v) is 12.6. The lowest BCUT2D eigenvalue weighted by molar-refractivity contribution is 0.102. The second kappa shape index (κ2) is 6.19. The monoisotopic (exact) mass is 331 g/mol. The van der Waals surface area contributed by atoms with Crippen molar-refractivity contribution >= 4 is 11.6 Å². The lowest BCUT2D eigenvalue weighted by Gasteiger charge is -2.09. The van der Waals surface area contributed by atoms with E-state index >= 15 is 0 Å². The standard InChI is InChI=1S/C17H12F3N3O/c1-23-16(10-5-3-2-4-6-10)13(9-21-23)22-17(24)11-7-8-12(18)15(20)14(11)19/h2-9H,1H3,(H,22,24). The second-order valence-electron chi connectivity index (χ2n) is 5.07. The first-order chi connectivity index (χ1) is 11.5. The quantitative estimate of drug-likeness (QED) is 0.743. The number of carbonyl (C=O) groups is 1. The predicted octanol–water partition coefficient (Wildman–Crippen LogP) is 3.76. The number of aryl methyl sites for hydroxylation is 1. The summed E-state index contributed by atoms with van der Waals surface area (Å²) in [7, 11) is 1.69. The van der Waals surface area contributed by atoms with Gasteiger partial charge >= 0.3 is 0 Å². The van der Waals surface area contributed by atoms with Gasteiger partial charge in [0.05, 0.1) is 23.1 Å². The molecule has 0 unspecified atom stereocenters. The zero-order valence-electron chi connectivity index (χ0n) is 12.6. The summed E-state index contributed by atoms with van der Waals surface area (Å²) in [6, 6.07) is 10.7. The molecule has 24 heavy (non-hydrogen) atoms. The number of nitrogens with one attached hydrogen (secondary N) is 1. The molecule has 7 heteroatoms. The van der Waals surface area contributed by atoms with Crippen molar-refractivity contribution in [2.75, 3.05) is 5.32 Å². The summed E-state index contributed by atoms with van der Waals surface area (Å²) in [5.41, 5.74) is 1.14. The van der Waals surface area contributed by atoms with Crippen LogP contribution in [0.3, 0.4) is 0 Å². The molecule has 0 fully saturated rings. The van der Waals surface area contributed by atoms with E-state index in [1.807, 2.05) is 30.3 Å². The average Bonchev–Trinajstić information content (AvgIpc) is 2.94. The van der Waals surface area contributed by atoms with E-state index < -0.39 is 28.9 Å². The minimum atomic E-state index is -1.68. The first kappa shape index (κ1) is 15.8. The number of carbonyl (C=O) groups excluding carboxylic acids is 1. The highest BCUT2D eigenvalue weighted by Gasteiger charge is 2.21. The Balaban J connectivity index is 1.96. The Morgan fingerprint density at radius 3 is 2.46 bits per heavy atom. The molecule has 122 valence electrons. The van der Waals surface area contributed by atoms with Crippen molar-refractivity contribution in [3.8, 4) is 11.3 Å². The molecule has 0 saturated heterocycles. The van der Waals surface area contributed by atoms with Crippen molar-refractivity contribution in [3.63, 3.8) is 0 Å². The van der Waals surface area contributed by atoms with Crippen LogP contribution in [0.1, 0.15) is 10.4 Å². The lowest BCUT2D eigenvalue weighted by Crippen LogP contribution is -2.15. The topological polar surface area (TPSA) is 46.9 Å². The van der Waals surface area contributed by atoms with E-state index in [1.165, 1.54) is 6.20 Å². The van der Waals surface area contributed by atoms with Crippen LogP contribution in [0.25, 0.3) is 11.3 Å². The Labute approximate surface area is 135 Å². The molecule has 0 atom stereocenters. The number of hydrogen-bond donors (Lipinski definition) is 1. The maximum absolute atomic E-state index is 13.7. The fraction of sp³-hybridized carbons (Fsp3) is 0.0588. The Hall–Kier alpha value is -3.09. The van der Waals surface area contributed by atoms with Gasteiger partial charge < -0.3 is 5.32 Å². The number of aromatic nitrogens is 2. The number of rotatable bonds is 3. The number of amides is 1. The third-order valence-electron chi connectivity index (χ3n) is 3.51.